The molecule has 1 saturated carbocycles. The molecule has 2 fully saturated rings. The Morgan fingerprint density at radius 3 is 2.56 bits per heavy atom. The van der Waals surface area contributed by atoms with E-state index in [1.54, 1.807) is 0 Å². The van der Waals surface area contributed by atoms with Crippen molar-refractivity contribution in [1.29, 1.82) is 0 Å². The van der Waals surface area contributed by atoms with Gasteiger partial charge in [-0.05, 0) is 43.2 Å². The van der Waals surface area contributed by atoms with Gasteiger partial charge in [-0.15, -0.1) is 0 Å². The van der Waals surface area contributed by atoms with Crippen LogP contribution in [0.25, 0.3) is 0 Å². The Morgan fingerprint density at radius 1 is 1.11 bits per heavy atom. The maximum atomic E-state index is 13.4. The van der Waals surface area contributed by atoms with Crippen molar-refractivity contribution in [2.45, 2.75) is 63.5 Å². The van der Waals surface area contributed by atoms with Gasteiger partial charge in [-0.2, -0.15) is 0 Å². The van der Waals surface area contributed by atoms with Crippen LogP contribution in [-0.2, 0) is 14.6 Å². The van der Waals surface area contributed by atoms with Crippen molar-refractivity contribution in [1.82, 2.24) is 4.90 Å². The maximum absolute atomic E-state index is 13.4. The van der Waals surface area contributed by atoms with Crippen molar-refractivity contribution in [3.63, 3.8) is 0 Å². The monoisotopic (exact) mass is 390 g/mol. The van der Waals surface area contributed by atoms with Crippen molar-refractivity contribution in [3.05, 3.63) is 29.8 Å². The molecule has 0 spiro atoms. The zero-order chi connectivity index (χ0) is 19.0. The molecule has 1 aliphatic carbocycles. The van der Waals surface area contributed by atoms with Gasteiger partial charge in [0.05, 0.1) is 18.1 Å². The number of hydrogen-bond donors (Lipinski definition) is 0. The lowest BCUT2D eigenvalue weighted by atomic mass is 9.91. The van der Waals surface area contributed by atoms with Gasteiger partial charge in [0.15, 0.2) is 9.84 Å². The van der Waals surface area contributed by atoms with Gasteiger partial charge in [0.25, 0.3) is 0 Å². The van der Waals surface area contributed by atoms with Crippen LogP contribution in [0.5, 0.6) is 0 Å². The molecule has 0 radical (unpaired) electrons. The number of carbonyl (C=O) groups excluding carboxylic acids is 1. The average Bonchev–Trinajstić information content (AvgIpc) is 3.28. The lowest BCUT2D eigenvalue weighted by molar-refractivity contribution is -0.134. The van der Waals surface area contributed by atoms with E-state index in [2.05, 4.69) is 30.0 Å². The first-order valence-corrected chi connectivity index (χ1v) is 12.1. The van der Waals surface area contributed by atoms with Crippen LogP contribution in [0.1, 0.15) is 56.9 Å². The molecule has 0 bridgehead atoms. The number of hydrogen-bond acceptors (Lipinski definition) is 4. The van der Waals surface area contributed by atoms with Crippen molar-refractivity contribution in [2.24, 2.45) is 0 Å². The van der Waals surface area contributed by atoms with E-state index < -0.39 is 9.84 Å². The summed E-state index contributed by atoms with van der Waals surface area (Å²) in [7, 11) is -3.00. The standard InChI is InChI=1S/C21H30N2O3S/c1-16-10-12-22(20-9-5-4-8-19(16)20)14-21(24)23(17-6-2-3-7-17)18-11-13-27(25,26)15-18/h4-5,8-9,16-18H,2-3,6-7,10-15H2,1H3. The van der Waals surface area contributed by atoms with Crippen molar-refractivity contribution < 1.29 is 13.2 Å². The third-order valence-corrected chi connectivity index (χ3v) is 8.32. The fraction of sp³-hybridized carbons (Fsp3) is 0.667. The summed E-state index contributed by atoms with van der Waals surface area (Å²) in [5.74, 6) is 0.980. The van der Waals surface area contributed by atoms with E-state index in [4.69, 9.17) is 0 Å². The minimum atomic E-state index is -3.00. The van der Waals surface area contributed by atoms with Gasteiger partial charge >= 0.3 is 0 Å². The molecular weight excluding hydrogens is 360 g/mol. The number of carbonyl (C=O) groups is 1. The number of fused-ring (bicyclic) bond motifs is 1. The van der Waals surface area contributed by atoms with Crippen LogP contribution in [0.3, 0.4) is 0 Å². The number of anilines is 1. The molecule has 0 aromatic heterocycles. The molecule has 1 aromatic rings. The van der Waals surface area contributed by atoms with E-state index in [0.29, 0.717) is 18.9 Å². The predicted octanol–water partition coefficient (Wildman–Crippen LogP) is 2.96. The predicted molar refractivity (Wildman–Crippen MR) is 108 cm³/mol. The number of rotatable bonds is 4. The number of para-hydroxylation sites is 1. The van der Waals surface area contributed by atoms with E-state index >= 15 is 0 Å². The summed E-state index contributed by atoms with van der Waals surface area (Å²) >= 11 is 0. The van der Waals surface area contributed by atoms with Gasteiger partial charge in [-0.1, -0.05) is 38.0 Å². The normalized spacial score (nSPS) is 27.5. The highest BCUT2D eigenvalue weighted by Gasteiger charge is 2.39. The molecule has 6 heteroatoms. The summed E-state index contributed by atoms with van der Waals surface area (Å²) in [5, 5.41) is 0. The topological polar surface area (TPSA) is 57.7 Å². The van der Waals surface area contributed by atoms with Crippen LogP contribution >= 0.6 is 0 Å². The lowest BCUT2D eigenvalue weighted by Gasteiger charge is -2.38. The highest BCUT2D eigenvalue weighted by Crippen LogP contribution is 2.35. The fourth-order valence-corrected chi connectivity index (χ4v) is 6.82. The van der Waals surface area contributed by atoms with Crippen LogP contribution in [-0.4, -0.2) is 55.9 Å². The molecule has 2 aliphatic heterocycles. The third kappa shape index (κ3) is 3.86. The summed E-state index contributed by atoms with van der Waals surface area (Å²) in [4.78, 5) is 17.5. The minimum Gasteiger partial charge on any atom is -0.362 e. The van der Waals surface area contributed by atoms with Crippen LogP contribution < -0.4 is 4.90 Å². The minimum absolute atomic E-state index is 0.105. The Bertz CT molecular complexity index is 801. The number of sulfone groups is 1. The summed E-state index contributed by atoms with van der Waals surface area (Å²) in [6.07, 6.45) is 5.94. The van der Waals surface area contributed by atoms with Crippen LogP contribution in [0.2, 0.25) is 0 Å². The third-order valence-electron chi connectivity index (χ3n) is 6.57. The first kappa shape index (κ1) is 18.8. The smallest absolute Gasteiger partial charge is 0.242 e. The van der Waals surface area contributed by atoms with Gasteiger partial charge < -0.3 is 9.80 Å². The Kier molecular flexibility index (Phi) is 5.19. The van der Waals surface area contributed by atoms with E-state index in [0.717, 1.165) is 44.3 Å². The molecule has 27 heavy (non-hydrogen) atoms. The largest absolute Gasteiger partial charge is 0.362 e. The van der Waals surface area contributed by atoms with Crippen molar-refractivity contribution >= 4 is 21.4 Å². The van der Waals surface area contributed by atoms with Crippen molar-refractivity contribution in [3.8, 4) is 0 Å². The highest BCUT2D eigenvalue weighted by molar-refractivity contribution is 7.91. The van der Waals surface area contributed by atoms with Crippen LogP contribution in [0.15, 0.2) is 24.3 Å². The average molecular weight is 391 g/mol. The molecule has 1 saturated heterocycles. The molecular formula is C21H30N2O3S. The molecule has 1 aromatic carbocycles. The van der Waals surface area contributed by atoms with Crippen molar-refractivity contribution in [2.75, 3.05) is 29.5 Å². The number of amides is 1. The summed E-state index contributed by atoms with van der Waals surface area (Å²) in [5.41, 5.74) is 2.47. The summed E-state index contributed by atoms with van der Waals surface area (Å²) < 4.78 is 24.0. The maximum Gasteiger partial charge on any atom is 0.242 e. The molecule has 1 amide bonds. The second-order valence-electron chi connectivity index (χ2n) is 8.47. The van der Waals surface area contributed by atoms with Gasteiger partial charge in [0, 0.05) is 24.3 Å². The van der Waals surface area contributed by atoms with Crippen LogP contribution in [0.4, 0.5) is 5.69 Å². The second kappa shape index (κ2) is 7.46. The van der Waals surface area contributed by atoms with E-state index in [1.165, 1.54) is 5.56 Å². The lowest BCUT2D eigenvalue weighted by Crippen LogP contribution is -2.51. The van der Waals surface area contributed by atoms with Gasteiger partial charge in [-0.3, -0.25) is 4.79 Å². The summed E-state index contributed by atoms with van der Waals surface area (Å²) in [6, 6.07) is 8.45. The van der Waals surface area contributed by atoms with Crippen LogP contribution in [0, 0.1) is 0 Å². The fourth-order valence-electron chi connectivity index (χ4n) is 5.11. The number of nitrogens with zero attached hydrogens (tertiary/aromatic N) is 2. The first-order valence-electron chi connectivity index (χ1n) is 10.3. The van der Waals surface area contributed by atoms with E-state index in [-0.39, 0.29) is 29.5 Å². The Morgan fingerprint density at radius 2 is 1.85 bits per heavy atom. The van der Waals surface area contributed by atoms with Gasteiger partial charge in [-0.25, -0.2) is 8.42 Å². The Hall–Kier alpha value is -1.56. The molecule has 2 heterocycles. The zero-order valence-electron chi connectivity index (χ0n) is 16.1. The van der Waals surface area contributed by atoms with Gasteiger partial charge in [0.2, 0.25) is 5.91 Å². The quantitative estimate of drug-likeness (QED) is 0.793. The SMILES string of the molecule is CC1CCN(CC(=O)N(C2CCCC2)C2CCS(=O)(=O)C2)c2ccccc21. The molecule has 2 unspecified atom stereocenters. The Balaban J connectivity index is 1.55. The molecule has 0 N–H and O–H groups in total. The van der Waals surface area contributed by atoms with E-state index in [9.17, 15) is 13.2 Å². The second-order valence-corrected chi connectivity index (χ2v) is 10.7. The highest BCUT2D eigenvalue weighted by atomic mass is 32.2. The molecule has 5 nitrogen and oxygen atoms in total. The molecule has 4 rings (SSSR count). The zero-order valence-corrected chi connectivity index (χ0v) is 17.0. The number of benzene rings is 1. The van der Waals surface area contributed by atoms with Gasteiger partial charge in [0.1, 0.15) is 0 Å². The molecule has 148 valence electrons. The Labute approximate surface area is 162 Å². The molecule has 2 atom stereocenters. The molecule has 3 aliphatic rings. The van der Waals surface area contributed by atoms with E-state index in [1.807, 2.05) is 11.0 Å². The first-order chi connectivity index (χ1) is 12.9. The summed E-state index contributed by atoms with van der Waals surface area (Å²) in [6.45, 7) is 3.48.